The van der Waals surface area contributed by atoms with E-state index in [-0.39, 0.29) is 11.7 Å². The quantitative estimate of drug-likeness (QED) is 0.864. The summed E-state index contributed by atoms with van der Waals surface area (Å²) in [5.74, 6) is 0.479. The van der Waals surface area contributed by atoms with Gasteiger partial charge in [0, 0.05) is 18.6 Å². The monoisotopic (exact) mass is 370 g/mol. The van der Waals surface area contributed by atoms with Crippen LogP contribution < -0.4 is 20.7 Å². The Labute approximate surface area is 135 Å². The maximum atomic E-state index is 12.3. The first-order chi connectivity index (χ1) is 9.92. The predicted molar refractivity (Wildman–Crippen MR) is 89.5 cm³/mol. The highest BCUT2D eigenvalue weighted by Gasteiger charge is 2.18. The molecule has 8 heteroatoms. The molecule has 2 aromatic rings. The standard InChI is InChI=1S/C13H15BrN4O2S/c1-18(2)13-17-11(15)10(21-13)12(19)16-8-6-7(14)4-5-9(8)20-3/h4-6H,15H2,1-3H3,(H,16,19). The van der Waals surface area contributed by atoms with Crippen molar-refractivity contribution in [1.82, 2.24) is 4.98 Å². The van der Waals surface area contributed by atoms with Gasteiger partial charge in [-0.2, -0.15) is 0 Å². The Morgan fingerprint density at radius 1 is 1.48 bits per heavy atom. The van der Waals surface area contributed by atoms with Crippen LogP contribution in [0.1, 0.15) is 9.67 Å². The molecule has 1 heterocycles. The number of thiazole rings is 1. The van der Waals surface area contributed by atoms with Crippen LogP contribution >= 0.6 is 27.3 Å². The molecule has 0 radical (unpaired) electrons. The van der Waals surface area contributed by atoms with Gasteiger partial charge in [-0.15, -0.1) is 0 Å². The summed E-state index contributed by atoms with van der Waals surface area (Å²) in [4.78, 5) is 18.7. The third-order valence-corrected chi connectivity index (χ3v) is 4.37. The molecule has 0 spiro atoms. The van der Waals surface area contributed by atoms with Crippen molar-refractivity contribution in [3.8, 4) is 5.75 Å². The molecule has 3 N–H and O–H groups in total. The highest BCUT2D eigenvalue weighted by atomic mass is 79.9. The summed E-state index contributed by atoms with van der Waals surface area (Å²) in [6.45, 7) is 0. The number of nitrogens with two attached hydrogens (primary N) is 1. The van der Waals surface area contributed by atoms with Crippen LogP contribution in [0.2, 0.25) is 0 Å². The number of nitrogens with one attached hydrogen (secondary N) is 1. The minimum Gasteiger partial charge on any atom is -0.495 e. The maximum Gasteiger partial charge on any atom is 0.269 e. The van der Waals surface area contributed by atoms with Gasteiger partial charge in [0.05, 0.1) is 12.8 Å². The minimum atomic E-state index is -0.311. The van der Waals surface area contributed by atoms with Crippen LogP contribution in [0.3, 0.4) is 0 Å². The van der Waals surface area contributed by atoms with Gasteiger partial charge >= 0.3 is 0 Å². The molecule has 21 heavy (non-hydrogen) atoms. The van der Waals surface area contributed by atoms with E-state index < -0.39 is 0 Å². The highest BCUT2D eigenvalue weighted by Crippen LogP contribution is 2.31. The van der Waals surface area contributed by atoms with E-state index in [9.17, 15) is 4.79 Å². The molecule has 0 saturated carbocycles. The Hall–Kier alpha value is -1.80. The van der Waals surface area contributed by atoms with E-state index in [1.54, 1.807) is 24.1 Å². The Balaban J connectivity index is 2.28. The molecule has 6 nitrogen and oxygen atoms in total. The SMILES string of the molecule is COc1ccc(Br)cc1NC(=O)c1sc(N(C)C)nc1N. The number of ether oxygens (including phenoxy) is 1. The molecule has 112 valence electrons. The molecule has 0 saturated heterocycles. The number of anilines is 3. The number of carbonyl (C=O) groups is 1. The topological polar surface area (TPSA) is 80.5 Å². The van der Waals surface area contributed by atoms with Crippen LogP contribution in [0, 0.1) is 0 Å². The van der Waals surface area contributed by atoms with Gasteiger partial charge in [0.25, 0.3) is 5.91 Å². The zero-order valence-electron chi connectivity index (χ0n) is 11.8. The molecular formula is C13H15BrN4O2S. The van der Waals surface area contributed by atoms with Crippen molar-refractivity contribution in [2.45, 2.75) is 0 Å². The number of halogens is 1. The fourth-order valence-corrected chi connectivity index (χ4v) is 2.80. The van der Waals surface area contributed by atoms with Crippen molar-refractivity contribution < 1.29 is 9.53 Å². The molecule has 1 aromatic heterocycles. The van der Waals surface area contributed by atoms with Crippen molar-refractivity contribution in [2.24, 2.45) is 0 Å². The summed E-state index contributed by atoms with van der Waals surface area (Å²) in [5.41, 5.74) is 6.37. The first-order valence-electron chi connectivity index (χ1n) is 6.01. The molecule has 1 amide bonds. The summed E-state index contributed by atoms with van der Waals surface area (Å²) < 4.78 is 6.06. The Bertz CT molecular complexity index is 672. The average molecular weight is 371 g/mol. The molecule has 0 aliphatic carbocycles. The Kier molecular flexibility index (Phi) is 4.69. The lowest BCUT2D eigenvalue weighted by Crippen LogP contribution is -2.13. The van der Waals surface area contributed by atoms with Crippen LogP contribution in [-0.2, 0) is 0 Å². The number of hydrogen-bond donors (Lipinski definition) is 2. The molecule has 0 aliphatic rings. The number of hydrogen-bond acceptors (Lipinski definition) is 6. The van der Waals surface area contributed by atoms with Gasteiger partial charge in [0.15, 0.2) is 5.13 Å². The molecule has 0 bridgehead atoms. The Morgan fingerprint density at radius 2 is 2.19 bits per heavy atom. The second-order valence-corrected chi connectivity index (χ2v) is 6.30. The zero-order valence-corrected chi connectivity index (χ0v) is 14.2. The first kappa shape index (κ1) is 15.6. The van der Waals surface area contributed by atoms with Gasteiger partial charge in [0.1, 0.15) is 16.4 Å². The van der Waals surface area contributed by atoms with Crippen molar-refractivity contribution in [2.75, 3.05) is 37.2 Å². The van der Waals surface area contributed by atoms with Crippen molar-refractivity contribution in [3.05, 3.63) is 27.5 Å². The van der Waals surface area contributed by atoms with E-state index in [1.165, 1.54) is 11.3 Å². The summed E-state index contributed by atoms with van der Waals surface area (Å²) >= 11 is 4.60. The molecule has 0 aliphatic heterocycles. The largest absolute Gasteiger partial charge is 0.495 e. The van der Waals surface area contributed by atoms with Crippen molar-refractivity contribution in [1.29, 1.82) is 0 Å². The highest BCUT2D eigenvalue weighted by molar-refractivity contribution is 9.10. The fourth-order valence-electron chi connectivity index (χ4n) is 1.63. The van der Waals surface area contributed by atoms with Crippen LogP contribution in [0.15, 0.2) is 22.7 Å². The van der Waals surface area contributed by atoms with Crippen LogP contribution in [0.4, 0.5) is 16.6 Å². The second-order valence-electron chi connectivity index (χ2n) is 4.40. The average Bonchev–Trinajstić information content (AvgIpc) is 2.81. The lowest BCUT2D eigenvalue weighted by Gasteiger charge is -2.10. The molecule has 0 fully saturated rings. The minimum absolute atomic E-state index is 0.218. The summed E-state index contributed by atoms with van der Waals surface area (Å²) in [5, 5.41) is 3.47. The summed E-state index contributed by atoms with van der Waals surface area (Å²) in [6.07, 6.45) is 0. The molecule has 1 aromatic carbocycles. The Morgan fingerprint density at radius 3 is 2.76 bits per heavy atom. The summed E-state index contributed by atoms with van der Waals surface area (Å²) in [7, 11) is 5.23. The van der Waals surface area contributed by atoms with Crippen LogP contribution in [0.25, 0.3) is 0 Å². The third-order valence-electron chi connectivity index (χ3n) is 2.64. The van der Waals surface area contributed by atoms with E-state index in [0.29, 0.717) is 21.4 Å². The molecule has 0 atom stereocenters. The van der Waals surface area contributed by atoms with E-state index in [2.05, 4.69) is 26.2 Å². The first-order valence-corrected chi connectivity index (χ1v) is 7.62. The number of benzene rings is 1. The van der Waals surface area contributed by atoms with Crippen LogP contribution in [0.5, 0.6) is 5.75 Å². The summed E-state index contributed by atoms with van der Waals surface area (Å²) in [6, 6.07) is 5.36. The lowest BCUT2D eigenvalue weighted by atomic mass is 10.3. The smallest absolute Gasteiger partial charge is 0.269 e. The molecule has 2 rings (SSSR count). The number of nitrogens with zero attached hydrogens (tertiary/aromatic N) is 2. The molecule has 0 unspecified atom stereocenters. The van der Waals surface area contributed by atoms with Gasteiger partial charge in [-0.25, -0.2) is 4.98 Å². The van der Waals surface area contributed by atoms with E-state index in [4.69, 9.17) is 10.5 Å². The second kappa shape index (κ2) is 6.31. The number of rotatable bonds is 4. The van der Waals surface area contributed by atoms with Gasteiger partial charge < -0.3 is 20.7 Å². The molecular weight excluding hydrogens is 356 g/mol. The van der Waals surface area contributed by atoms with E-state index >= 15 is 0 Å². The van der Waals surface area contributed by atoms with Crippen molar-refractivity contribution >= 4 is 49.8 Å². The van der Waals surface area contributed by atoms with Crippen LogP contribution in [-0.4, -0.2) is 32.1 Å². The van der Waals surface area contributed by atoms with Gasteiger partial charge in [-0.3, -0.25) is 4.79 Å². The van der Waals surface area contributed by atoms with E-state index in [1.807, 2.05) is 20.2 Å². The van der Waals surface area contributed by atoms with Gasteiger partial charge in [-0.05, 0) is 18.2 Å². The van der Waals surface area contributed by atoms with Crippen molar-refractivity contribution in [3.63, 3.8) is 0 Å². The zero-order chi connectivity index (χ0) is 15.6. The van der Waals surface area contributed by atoms with E-state index in [0.717, 1.165) is 4.47 Å². The number of carbonyl (C=O) groups excluding carboxylic acids is 1. The van der Waals surface area contributed by atoms with Gasteiger partial charge in [0.2, 0.25) is 0 Å². The number of amides is 1. The van der Waals surface area contributed by atoms with Gasteiger partial charge in [-0.1, -0.05) is 27.3 Å². The predicted octanol–water partition coefficient (Wildman–Crippen LogP) is 2.81. The maximum absolute atomic E-state index is 12.3. The number of aromatic nitrogens is 1. The number of methoxy groups -OCH3 is 1. The fraction of sp³-hybridized carbons (Fsp3) is 0.231. The number of nitrogen functional groups attached to an aromatic ring is 1. The lowest BCUT2D eigenvalue weighted by molar-refractivity contribution is 0.103. The third kappa shape index (κ3) is 3.45. The normalized spacial score (nSPS) is 10.3.